The summed E-state index contributed by atoms with van der Waals surface area (Å²) in [6.45, 7) is 47.4. The lowest BCUT2D eigenvalue weighted by molar-refractivity contribution is 0.162. The number of rotatable bonds is 3. The van der Waals surface area contributed by atoms with Gasteiger partial charge in [-0.15, -0.1) is 92.1 Å². The third kappa shape index (κ3) is 5820. The molecule has 3 heteroatoms. The van der Waals surface area contributed by atoms with Crippen molar-refractivity contribution in [2.75, 3.05) is 26.4 Å². The van der Waals surface area contributed by atoms with Gasteiger partial charge < -0.3 is 14.9 Å². The van der Waals surface area contributed by atoms with Crippen molar-refractivity contribution in [2.45, 2.75) is 13.8 Å². The molecular formula is C20H44O3. The molecule has 0 saturated carbocycles. The van der Waals surface area contributed by atoms with Gasteiger partial charge in [0, 0.05) is 13.2 Å². The molecule has 23 heavy (non-hydrogen) atoms. The smallest absolute Gasteiger partial charge is 0.0662 e. The van der Waals surface area contributed by atoms with Crippen LogP contribution in [0.3, 0.4) is 0 Å². The molecule has 0 bridgehead atoms. The van der Waals surface area contributed by atoms with Crippen LogP contribution in [-0.2, 0) is 4.74 Å². The summed E-state index contributed by atoms with van der Waals surface area (Å²) >= 11 is 0. The Morgan fingerprint density at radius 3 is 0.609 bits per heavy atom. The Hall–Kier alpha value is -1.94. The zero-order chi connectivity index (χ0) is 21.5. The largest absolute Gasteiger partial charge is 0.394 e. The summed E-state index contributed by atoms with van der Waals surface area (Å²) in [7, 11) is 0. The van der Waals surface area contributed by atoms with Crippen LogP contribution >= 0.6 is 0 Å². The Bertz CT molecular complexity index is 75.2. The molecule has 0 aliphatic carbocycles. The lowest BCUT2D eigenvalue weighted by atomic mass is 10.8. The van der Waals surface area contributed by atoms with E-state index in [2.05, 4.69) is 92.1 Å². The van der Waals surface area contributed by atoms with Crippen LogP contribution in [0.15, 0.2) is 92.1 Å². The quantitative estimate of drug-likeness (QED) is 0.659. The van der Waals surface area contributed by atoms with Gasteiger partial charge in [0.15, 0.2) is 0 Å². The summed E-state index contributed by atoms with van der Waals surface area (Å²) in [6, 6.07) is 0. The molecule has 0 saturated heterocycles. The van der Waals surface area contributed by atoms with Crippen molar-refractivity contribution in [1.29, 1.82) is 0 Å². The molecule has 0 unspecified atom stereocenters. The van der Waals surface area contributed by atoms with E-state index in [1.807, 2.05) is 13.8 Å². The third-order valence-electron chi connectivity index (χ3n) is 0.508. The van der Waals surface area contributed by atoms with Crippen LogP contribution < -0.4 is 0 Å². The molecule has 0 spiro atoms. The molecule has 0 aromatic heterocycles. The fourth-order valence-electron chi connectivity index (χ4n) is 0.204. The van der Waals surface area contributed by atoms with Gasteiger partial charge in [0.25, 0.3) is 0 Å². The highest BCUT2D eigenvalue weighted by molar-refractivity contribution is 4.23. The minimum absolute atomic E-state index is 0.125. The van der Waals surface area contributed by atoms with Crippen molar-refractivity contribution in [3.63, 3.8) is 0 Å². The van der Waals surface area contributed by atoms with Crippen LogP contribution in [-0.4, -0.2) is 36.6 Å². The predicted octanol–water partition coefficient (Wildman–Crippen LogP) is 5.63. The van der Waals surface area contributed by atoms with E-state index in [0.717, 1.165) is 13.2 Å². The summed E-state index contributed by atoms with van der Waals surface area (Å²) in [4.78, 5) is 0. The lowest BCUT2D eigenvalue weighted by Gasteiger charge is -1.86. The van der Waals surface area contributed by atoms with Gasteiger partial charge in [0.2, 0.25) is 0 Å². The van der Waals surface area contributed by atoms with Crippen LogP contribution in [0.1, 0.15) is 13.8 Å². The molecule has 2 N–H and O–H groups in total. The second-order valence-corrected chi connectivity index (χ2v) is 1.23. The van der Waals surface area contributed by atoms with Gasteiger partial charge in [-0.3, -0.25) is 0 Å². The fraction of sp³-hybridized carbons (Fsp3) is 0.300. The van der Waals surface area contributed by atoms with Gasteiger partial charge in [0.1, 0.15) is 0 Å². The number of ether oxygens (including phenoxy) is 1. The van der Waals surface area contributed by atoms with Gasteiger partial charge in [0.05, 0.1) is 13.2 Å². The molecule has 0 aromatic carbocycles. The van der Waals surface area contributed by atoms with E-state index in [0.29, 0.717) is 0 Å². The fourth-order valence-corrected chi connectivity index (χ4v) is 0.204. The van der Waals surface area contributed by atoms with Crippen LogP contribution in [0, 0.1) is 0 Å². The summed E-state index contributed by atoms with van der Waals surface area (Å²) in [6.07, 6.45) is 0. The Morgan fingerprint density at radius 2 is 0.609 bits per heavy atom. The SMILES string of the molecule is C=C.C=C.C=C.C=C.C=C.C=C.C=C.CCOCC.OCCO. The van der Waals surface area contributed by atoms with Gasteiger partial charge >= 0.3 is 0 Å². The molecule has 0 aromatic rings. The minimum Gasteiger partial charge on any atom is -0.394 e. The molecule has 0 fully saturated rings. The maximum Gasteiger partial charge on any atom is 0.0662 e. The molecule has 3 nitrogen and oxygen atoms in total. The first-order valence-corrected chi connectivity index (χ1v) is 6.62. The van der Waals surface area contributed by atoms with Crippen molar-refractivity contribution in [1.82, 2.24) is 0 Å². The first-order valence-electron chi connectivity index (χ1n) is 6.62. The monoisotopic (exact) mass is 332 g/mol. The molecule has 0 heterocycles. The highest BCUT2D eigenvalue weighted by Crippen LogP contribution is 1.64. The van der Waals surface area contributed by atoms with Crippen LogP contribution in [0.4, 0.5) is 0 Å². The molecule has 0 rings (SSSR count). The normalized spacial score (nSPS) is 4.35. The van der Waals surface area contributed by atoms with Crippen LogP contribution in [0.25, 0.3) is 0 Å². The molecule has 0 atom stereocenters. The van der Waals surface area contributed by atoms with Gasteiger partial charge in [-0.25, -0.2) is 0 Å². The number of aliphatic hydroxyl groups is 2. The second-order valence-electron chi connectivity index (χ2n) is 1.23. The van der Waals surface area contributed by atoms with E-state index < -0.39 is 0 Å². The van der Waals surface area contributed by atoms with Crippen molar-refractivity contribution in [3.8, 4) is 0 Å². The van der Waals surface area contributed by atoms with E-state index in [-0.39, 0.29) is 13.2 Å². The molecule has 0 aliphatic rings. The molecular weight excluding hydrogens is 288 g/mol. The van der Waals surface area contributed by atoms with E-state index in [1.54, 1.807) is 0 Å². The van der Waals surface area contributed by atoms with Crippen molar-refractivity contribution in [3.05, 3.63) is 92.1 Å². The number of hydrogen-bond acceptors (Lipinski definition) is 3. The Balaban J connectivity index is -0.0000000143. The zero-order valence-corrected chi connectivity index (χ0v) is 16.0. The third-order valence-corrected chi connectivity index (χ3v) is 0.508. The highest BCUT2D eigenvalue weighted by atomic mass is 16.5. The summed E-state index contributed by atoms with van der Waals surface area (Å²) < 4.78 is 4.83. The summed E-state index contributed by atoms with van der Waals surface area (Å²) in [5.74, 6) is 0. The minimum atomic E-state index is -0.125. The van der Waals surface area contributed by atoms with Gasteiger partial charge in [-0.1, -0.05) is 0 Å². The van der Waals surface area contributed by atoms with Crippen molar-refractivity contribution in [2.24, 2.45) is 0 Å². The Labute approximate surface area is 148 Å². The van der Waals surface area contributed by atoms with Crippen LogP contribution in [0.5, 0.6) is 0 Å². The first-order chi connectivity index (χ1) is 11.3. The topological polar surface area (TPSA) is 49.7 Å². The average Bonchev–Trinajstić information content (AvgIpc) is 2.73. The summed E-state index contributed by atoms with van der Waals surface area (Å²) in [5.41, 5.74) is 0. The average molecular weight is 333 g/mol. The molecule has 0 radical (unpaired) electrons. The molecule has 142 valence electrons. The maximum atomic E-state index is 7.62. The summed E-state index contributed by atoms with van der Waals surface area (Å²) in [5, 5.41) is 15.2. The second kappa shape index (κ2) is 778. The Kier molecular flexibility index (Phi) is 1970. The molecule has 0 aliphatic heterocycles. The first kappa shape index (κ1) is 58.3. The lowest BCUT2D eigenvalue weighted by Crippen LogP contribution is -1.85. The number of hydrogen-bond donors (Lipinski definition) is 2. The van der Waals surface area contributed by atoms with Gasteiger partial charge in [-0.05, 0) is 13.8 Å². The number of aliphatic hydroxyl groups excluding tert-OH is 2. The zero-order valence-electron chi connectivity index (χ0n) is 16.0. The Morgan fingerprint density at radius 1 is 0.478 bits per heavy atom. The van der Waals surface area contributed by atoms with Gasteiger partial charge in [-0.2, -0.15) is 0 Å². The van der Waals surface area contributed by atoms with Crippen molar-refractivity contribution < 1.29 is 14.9 Å². The van der Waals surface area contributed by atoms with Crippen LogP contribution in [0.2, 0.25) is 0 Å². The standard InChI is InChI=1S/C4H10O.C2H6O2.7C2H4/c1-3-5-4-2;3-1-2-4;7*1-2/h3-4H2,1-2H3;3-4H,1-2H2;7*1-2H2. The van der Waals surface area contributed by atoms with Crippen molar-refractivity contribution >= 4 is 0 Å². The van der Waals surface area contributed by atoms with E-state index in [1.165, 1.54) is 0 Å². The van der Waals surface area contributed by atoms with E-state index in [9.17, 15) is 0 Å². The van der Waals surface area contributed by atoms with E-state index in [4.69, 9.17) is 14.9 Å². The predicted molar refractivity (Wildman–Crippen MR) is 115 cm³/mol. The highest BCUT2D eigenvalue weighted by Gasteiger charge is 1.64. The maximum absolute atomic E-state index is 7.62. The van der Waals surface area contributed by atoms with E-state index >= 15 is 0 Å². The molecule has 0 amide bonds.